The Bertz CT molecular complexity index is 992. The van der Waals surface area contributed by atoms with Gasteiger partial charge in [0.05, 0.1) is 16.3 Å². The summed E-state index contributed by atoms with van der Waals surface area (Å²) in [5, 5.41) is 3.63. The fourth-order valence-corrected chi connectivity index (χ4v) is 3.51. The number of anilines is 2. The number of hydrogen-bond donors (Lipinski definition) is 1. The number of nitrogens with zero attached hydrogens (tertiary/aromatic N) is 3. The molecule has 1 aromatic heterocycles. The number of aromatic nitrogens is 2. The van der Waals surface area contributed by atoms with Crippen LogP contribution >= 0.6 is 23.2 Å². The summed E-state index contributed by atoms with van der Waals surface area (Å²) in [6.45, 7) is 1.62. The molecule has 27 heavy (non-hydrogen) atoms. The molecule has 0 bridgehead atoms. The van der Waals surface area contributed by atoms with Crippen molar-refractivity contribution in [3.63, 3.8) is 0 Å². The maximum Gasteiger partial charge on any atom is 0.258 e. The van der Waals surface area contributed by atoms with E-state index < -0.39 is 0 Å². The van der Waals surface area contributed by atoms with Crippen LogP contribution in [0.1, 0.15) is 21.5 Å². The molecular formula is C20H16Cl2N4O. The Morgan fingerprint density at radius 3 is 2.52 bits per heavy atom. The van der Waals surface area contributed by atoms with Crippen LogP contribution in [-0.2, 0) is 13.0 Å². The molecule has 0 spiro atoms. The number of carbonyl (C=O) groups is 1. The molecule has 4 rings (SSSR count). The summed E-state index contributed by atoms with van der Waals surface area (Å²) in [6.07, 6.45) is 4.01. The van der Waals surface area contributed by atoms with Gasteiger partial charge in [0.1, 0.15) is 0 Å². The van der Waals surface area contributed by atoms with E-state index in [-0.39, 0.29) is 5.91 Å². The van der Waals surface area contributed by atoms with Crippen LogP contribution in [0.25, 0.3) is 0 Å². The van der Waals surface area contributed by atoms with Crippen molar-refractivity contribution in [1.29, 1.82) is 0 Å². The zero-order valence-electron chi connectivity index (χ0n) is 14.3. The van der Waals surface area contributed by atoms with E-state index in [1.54, 1.807) is 18.2 Å². The summed E-state index contributed by atoms with van der Waals surface area (Å²) in [6, 6.07) is 13.3. The molecule has 0 saturated carbocycles. The molecule has 1 aliphatic rings. The molecule has 1 N–H and O–H groups in total. The first-order chi connectivity index (χ1) is 13.1. The Hall–Kier alpha value is -2.63. The van der Waals surface area contributed by atoms with Crippen molar-refractivity contribution < 1.29 is 4.79 Å². The van der Waals surface area contributed by atoms with Crippen molar-refractivity contribution in [3.05, 3.63) is 81.6 Å². The van der Waals surface area contributed by atoms with Crippen molar-refractivity contribution >= 4 is 40.7 Å². The number of nitrogens with one attached hydrogen (secondary N) is 1. The van der Waals surface area contributed by atoms with E-state index in [9.17, 15) is 4.79 Å². The van der Waals surface area contributed by atoms with Gasteiger partial charge in [0.15, 0.2) is 0 Å². The number of amides is 1. The van der Waals surface area contributed by atoms with Gasteiger partial charge in [0, 0.05) is 30.5 Å². The van der Waals surface area contributed by atoms with Gasteiger partial charge >= 0.3 is 0 Å². The number of carbonyl (C=O) groups excluding carboxylic acids is 1. The standard InChI is InChI=1S/C20H16Cl2N4O/c21-16-5-6-18(17(22)9-16)25-19(27)15-10-23-20(24-11-15)26-8-7-13-3-1-2-4-14(13)12-26/h1-6,9-11H,7-8,12H2,(H,25,27). The lowest BCUT2D eigenvalue weighted by Gasteiger charge is -2.28. The largest absolute Gasteiger partial charge is 0.336 e. The molecule has 0 unspecified atom stereocenters. The van der Waals surface area contributed by atoms with E-state index in [4.69, 9.17) is 23.2 Å². The van der Waals surface area contributed by atoms with Gasteiger partial charge in [-0.3, -0.25) is 4.79 Å². The van der Waals surface area contributed by atoms with Crippen LogP contribution in [0.2, 0.25) is 10.0 Å². The molecule has 3 aromatic rings. The van der Waals surface area contributed by atoms with Gasteiger partial charge in [-0.15, -0.1) is 0 Å². The summed E-state index contributed by atoms with van der Waals surface area (Å²) >= 11 is 12.0. The molecule has 0 radical (unpaired) electrons. The minimum absolute atomic E-state index is 0.324. The first-order valence-electron chi connectivity index (χ1n) is 8.50. The topological polar surface area (TPSA) is 58.1 Å². The smallest absolute Gasteiger partial charge is 0.258 e. The molecule has 0 saturated heterocycles. The maximum atomic E-state index is 12.4. The molecule has 2 heterocycles. The van der Waals surface area contributed by atoms with E-state index >= 15 is 0 Å². The lowest BCUT2D eigenvalue weighted by molar-refractivity contribution is 0.102. The van der Waals surface area contributed by atoms with Gasteiger partial charge in [0.2, 0.25) is 5.95 Å². The highest BCUT2D eigenvalue weighted by Gasteiger charge is 2.18. The SMILES string of the molecule is O=C(Nc1ccc(Cl)cc1Cl)c1cnc(N2CCc3ccccc3C2)nc1. The molecule has 0 aliphatic carbocycles. The minimum Gasteiger partial charge on any atom is -0.336 e. The Kier molecular flexibility index (Phi) is 4.97. The Morgan fingerprint density at radius 2 is 1.78 bits per heavy atom. The van der Waals surface area contributed by atoms with Gasteiger partial charge in [0.25, 0.3) is 5.91 Å². The fourth-order valence-electron chi connectivity index (χ4n) is 3.05. The zero-order valence-corrected chi connectivity index (χ0v) is 15.8. The molecule has 0 fully saturated rings. The quantitative estimate of drug-likeness (QED) is 0.700. The van der Waals surface area contributed by atoms with Crippen LogP contribution in [-0.4, -0.2) is 22.4 Å². The van der Waals surface area contributed by atoms with Gasteiger partial charge in [-0.05, 0) is 35.7 Å². The fraction of sp³-hybridized carbons (Fsp3) is 0.150. The van der Waals surface area contributed by atoms with Crippen LogP contribution in [0.4, 0.5) is 11.6 Å². The van der Waals surface area contributed by atoms with E-state index in [2.05, 4.69) is 38.4 Å². The molecule has 1 aliphatic heterocycles. The zero-order chi connectivity index (χ0) is 18.8. The number of rotatable bonds is 3. The van der Waals surface area contributed by atoms with Crippen LogP contribution in [0, 0.1) is 0 Å². The molecular weight excluding hydrogens is 383 g/mol. The lowest BCUT2D eigenvalue weighted by atomic mass is 10.0. The van der Waals surface area contributed by atoms with Gasteiger partial charge < -0.3 is 10.2 Å². The van der Waals surface area contributed by atoms with Crippen molar-refractivity contribution in [1.82, 2.24) is 9.97 Å². The van der Waals surface area contributed by atoms with Crippen LogP contribution in [0.15, 0.2) is 54.9 Å². The second kappa shape index (κ2) is 7.55. The van der Waals surface area contributed by atoms with E-state index in [1.165, 1.54) is 23.5 Å². The normalized spacial score (nSPS) is 13.2. The third-order valence-electron chi connectivity index (χ3n) is 4.49. The third kappa shape index (κ3) is 3.89. The van der Waals surface area contributed by atoms with Crippen LogP contribution in [0.5, 0.6) is 0 Å². The predicted molar refractivity (Wildman–Crippen MR) is 108 cm³/mol. The second-order valence-corrected chi connectivity index (χ2v) is 7.13. The highest BCUT2D eigenvalue weighted by molar-refractivity contribution is 6.36. The van der Waals surface area contributed by atoms with Crippen LogP contribution in [0.3, 0.4) is 0 Å². The maximum absolute atomic E-state index is 12.4. The lowest BCUT2D eigenvalue weighted by Crippen LogP contribution is -2.31. The second-order valence-electron chi connectivity index (χ2n) is 6.29. The van der Waals surface area contributed by atoms with Crippen molar-refractivity contribution in [2.24, 2.45) is 0 Å². The summed E-state index contributed by atoms with van der Waals surface area (Å²) in [7, 11) is 0. The first kappa shape index (κ1) is 17.8. The van der Waals surface area contributed by atoms with Gasteiger partial charge in [-0.1, -0.05) is 47.5 Å². The van der Waals surface area contributed by atoms with Gasteiger partial charge in [-0.2, -0.15) is 0 Å². The third-order valence-corrected chi connectivity index (χ3v) is 5.04. The number of benzene rings is 2. The molecule has 1 amide bonds. The molecule has 0 atom stereocenters. The van der Waals surface area contributed by atoms with E-state index in [0.717, 1.165) is 19.5 Å². The molecule has 5 nitrogen and oxygen atoms in total. The Balaban J connectivity index is 1.47. The molecule has 7 heteroatoms. The minimum atomic E-state index is -0.324. The average Bonchev–Trinajstić information content (AvgIpc) is 2.70. The van der Waals surface area contributed by atoms with Gasteiger partial charge in [-0.25, -0.2) is 9.97 Å². The number of halogens is 2. The summed E-state index contributed by atoms with van der Waals surface area (Å²) < 4.78 is 0. The van der Waals surface area contributed by atoms with Crippen molar-refractivity contribution in [3.8, 4) is 0 Å². The highest BCUT2D eigenvalue weighted by Crippen LogP contribution is 2.26. The van der Waals surface area contributed by atoms with Crippen LogP contribution < -0.4 is 10.2 Å². The molecule has 2 aromatic carbocycles. The predicted octanol–water partition coefficient (Wildman–Crippen LogP) is 4.60. The number of hydrogen-bond acceptors (Lipinski definition) is 4. The summed E-state index contributed by atoms with van der Waals surface area (Å²) in [5.41, 5.74) is 3.50. The Labute approximate surface area is 167 Å². The van der Waals surface area contributed by atoms with Crippen molar-refractivity contribution in [2.75, 3.05) is 16.8 Å². The number of fused-ring (bicyclic) bond motifs is 1. The summed E-state index contributed by atoms with van der Waals surface area (Å²) in [5.74, 6) is 0.292. The molecule has 136 valence electrons. The summed E-state index contributed by atoms with van der Waals surface area (Å²) in [4.78, 5) is 23.3. The monoisotopic (exact) mass is 398 g/mol. The van der Waals surface area contributed by atoms with E-state index in [0.29, 0.717) is 27.2 Å². The first-order valence-corrected chi connectivity index (χ1v) is 9.26. The average molecular weight is 399 g/mol. The highest BCUT2D eigenvalue weighted by atomic mass is 35.5. The Morgan fingerprint density at radius 1 is 1.04 bits per heavy atom. The van der Waals surface area contributed by atoms with E-state index in [1.807, 2.05) is 6.07 Å². The van der Waals surface area contributed by atoms with Crippen molar-refractivity contribution in [2.45, 2.75) is 13.0 Å².